The molecule has 2 aromatic heterocycles. The van der Waals surface area contributed by atoms with Gasteiger partial charge in [-0.3, -0.25) is 9.67 Å². The quantitative estimate of drug-likeness (QED) is 0.781. The SMILES string of the molecule is CNC(CCc1cnn(C)c1)c1ccnc2ccccc12. The van der Waals surface area contributed by atoms with E-state index in [-0.39, 0.29) is 0 Å². The fourth-order valence-corrected chi connectivity index (χ4v) is 2.79. The molecule has 0 radical (unpaired) electrons. The topological polar surface area (TPSA) is 42.7 Å². The summed E-state index contributed by atoms with van der Waals surface area (Å²) in [4.78, 5) is 4.44. The van der Waals surface area contributed by atoms with Gasteiger partial charge in [0, 0.05) is 30.9 Å². The van der Waals surface area contributed by atoms with Gasteiger partial charge in [0.25, 0.3) is 0 Å². The summed E-state index contributed by atoms with van der Waals surface area (Å²) in [5.41, 5.74) is 3.64. The van der Waals surface area contributed by atoms with E-state index in [1.165, 1.54) is 16.5 Å². The van der Waals surface area contributed by atoms with Gasteiger partial charge in [-0.15, -0.1) is 0 Å². The lowest BCUT2D eigenvalue weighted by molar-refractivity contribution is 0.552. The molecule has 21 heavy (non-hydrogen) atoms. The summed E-state index contributed by atoms with van der Waals surface area (Å²) in [6, 6.07) is 10.7. The fraction of sp³-hybridized carbons (Fsp3) is 0.294. The Morgan fingerprint density at radius 2 is 2.10 bits per heavy atom. The van der Waals surface area contributed by atoms with Crippen molar-refractivity contribution >= 4 is 10.9 Å². The van der Waals surface area contributed by atoms with Crippen molar-refractivity contribution in [2.45, 2.75) is 18.9 Å². The highest BCUT2D eigenvalue weighted by molar-refractivity contribution is 5.82. The van der Waals surface area contributed by atoms with E-state index in [1.54, 1.807) is 0 Å². The van der Waals surface area contributed by atoms with Crippen LogP contribution in [0.5, 0.6) is 0 Å². The van der Waals surface area contributed by atoms with Crippen LogP contribution in [0, 0.1) is 0 Å². The third-order valence-corrected chi connectivity index (χ3v) is 3.89. The Hall–Kier alpha value is -2.20. The summed E-state index contributed by atoms with van der Waals surface area (Å²) in [6.45, 7) is 0. The molecule has 4 nitrogen and oxygen atoms in total. The van der Waals surface area contributed by atoms with E-state index in [1.807, 2.05) is 37.2 Å². The number of nitrogens with one attached hydrogen (secondary N) is 1. The molecule has 1 atom stereocenters. The second-order valence-electron chi connectivity index (χ2n) is 5.32. The van der Waals surface area contributed by atoms with Gasteiger partial charge in [0.2, 0.25) is 0 Å². The fourth-order valence-electron chi connectivity index (χ4n) is 2.79. The highest BCUT2D eigenvalue weighted by Crippen LogP contribution is 2.25. The zero-order valence-electron chi connectivity index (χ0n) is 12.5. The van der Waals surface area contributed by atoms with Crippen LogP contribution in [0.1, 0.15) is 23.6 Å². The minimum atomic E-state index is 0.318. The molecule has 0 fully saturated rings. The predicted octanol–water partition coefficient (Wildman–Crippen LogP) is 2.86. The Balaban J connectivity index is 1.84. The van der Waals surface area contributed by atoms with Gasteiger partial charge in [0.15, 0.2) is 0 Å². The number of pyridine rings is 1. The van der Waals surface area contributed by atoms with Gasteiger partial charge < -0.3 is 5.32 Å². The minimum absolute atomic E-state index is 0.318. The Bertz CT molecular complexity index is 727. The van der Waals surface area contributed by atoms with Crippen LogP contribution in [0.4, 0.5) is 0 Å². The summed E-state index contributed by atoms with van der Waals surface area (Å²) in [6.07, 6.45) is 7.97. The summed E-state index contributed by atoms with van der Waals surface area (Å²) in [5, 5.41) is 8.89. The number of para-hydroxylation sites is 1. The van der Waals surface area contributed by atoms with E-state index in [4.69, 9.17) is 0 Å². The lowest BCUT2D eigenvalue weighted by Gasteiger charge is -2.18. The Labute approximate surface area is 124 Å². The van der Waals surface area contributed by atoms with Crippen LogP contribution in [-0.4, -0.2) is 21.8 Å². The van der Waals surface area contributed by atoms with Crippen molar-refractivity contribution in [1.82, 2.24) is 20.1 Å². The largest absolute Gasteiger partial charge is 0.313 e. The average Bonchev–Trinajstić information content (AvgIpc) is 2.93. The van der Waals surface area contributed by atoms with Crippen LogP contribution < -0.4 is 5.32 Å². The molecule has 3 rings (SSSR count). The van der Waals surface area contributed by atoms with Crippen LogP contribution in [-0.2, 0) is 13.5 Å². The summed E-state index contributed by atoms with van der Waals surface area (Å²) < 4.78 is 1.85. The van der Waals surface area contributed by atoms with Crippen LogP contribution in [0.15, 0.2) is 48.9 Å². The molecular weight excluding hydrogens is 260 g/mol. The summed E-state index contributed by atoms with van der Waals surface area (Å²) >= 11 is 0. The van der Waals surface area contributed by atoms with Gasteiger partial charge in [0.1, 0.15) is 0 Å². The van der Waals surface area contributed by atoms with Gasteiger partial charge in [-0.25, -0.2) is 0 Å². The van der Waals surface area contributed by atoms with Crippen molar-refractivity contribution in [2.24, 2.45) is 7.05 Å². The summed E-state index contributed by atoms with van der Waals surface area (Å²) in [7, 11) is 3.97. The molecule has 0 amide bonds. The number of fused-ring (bicyclic) bond motifs is 1. The van der Waals surface area contributed by atoms with E-state index in [2.05, 4.69) is 45.9 Å². The van der Waals surface area contributed by atoms with E-state index in [0.717, 1.165) is 18.4 Å². The first kappa shape index (κ1) is 13.8. The van der Waals surface area contributed by atoms with E-state index in [9.17, 15) is 0 Å². The Morgan fingerprint density at radius 3 is 2.86 bits per heavy atom. The number of nitrogens with zero attached hydrogens (tertiary/aromatic N) is 3. The standard InChI is InChI=1S/C17H20N4/c1-18-16(8-7-13-11-20-21(2)12-13)15-9-10-19-17-6-4-3-5-14(15)17/h3-6,9-12,16,18H,7-8H2,1-2H3. The van der Waals surface area contributed by atoms with Gasteiger partial charge >= 0.3 is 0 Å². The third kappa shape index (κ3) is 2.95. The van der Waals surface area contributed by atoms with Gasteiger partial charge in [-0.1, -0.05) is 18.2 Å². The second-order valence-corrected chi connectivity index (χ2v) is 5.32. The molecular formula is C17H20N4. The first-order valence-electron chi connectivity index (χ1n) is 7.26. The van der Waals surface area contributed by atoms with E-state index < -0.39 is 0 Å². The van der Waals surface area contributed by atoms with Gasteiger partial charge in [0.05, 0.1) is 11.7 Å². The van der Waals surface area contributed by atoms with Crippen molar-refractivity contribution in [2.75, 3.05) is 7.05 Å². The molecule has 108 valence electrons. The molecule has 0 aliphatic heterocycles. The molecule has 0 spiro atoms. The van der Waals surface area contributed by atoms with E-state index in [0.29, 0.717) is 6.04 Å². The third-order valence-electron chi connectivity index (χ3n) is 3.89. The Morgan fingerprint density at radius 1 is 1.24 bits per heavy atom. The lowest BCUT2D eigenvalue weighted by Crippen LogP contribution is -2.17. The van der Waals surface area contributed by atoms with Gasteiger partial charge in [-0.05, 0) is 43.1 Å². The number of hydrogen-bond acceptors (Lipinski definition) is 3. The van der Waals surface area contributed by atoms with Crippen molar-refractivity contribution in [3.05, 3.63) is 60.0 Å². The van der Waals surface area contributed by atoms with Crippen molar-refractivity contribution in [3.8, 4) is 0 Å². The smallest absolute Gasteiger partial charge is 0.0705 e. The van der Waals surface area contributed by atoms with Crippen molar-refractivity contribution in [1.29, 1.82) is 0 Å². The predicted molar refractivity (Wildman–Crippen MR) is 85.1 cm³/mol. The van der Waals surface area contributed by atoms with Crippen LogP contribution in [0.25, 0.3) is 10.9 Å². The molecule has 1 N–H and O–H groups in total. The molecule has 3 aromatic rings. The van der Waals surface area contributed by atoms with Crippen molar-refractivity contribution < 1.29 is 0 Å². The number of hydrogen-bond donors (Lipinski definition) is 1. The second kappa shape index (κ2) is 6.06. The average molecular weight is 280 g/mol. The monoisotopic (exact) mass is 280 g/mol. The molecule has 0 bridgehead atoms. The van der Waals surface area contributed by atoms with Gasteiger partial charge in [-0.2, -0.15) is 5.10 Å². The molecule has 2 heterocycles. The minimum Gasteiger partial charge on any atom is -0.313 e. The number of aromatic nitrogens is 3. The highest BCUT2D eigenvalue weighted by Gasteiger charge is 2.13. The maximum Gasteiger partial charge on any atom is 0.0705 e. The first-order valence-corrected chi connectivity index (χ1v) is 7.26. The molecule has 0 aliphatic carbocycles. The Kier molecular flexibility index (Phi) is 3.97. The normalized spacial score (nSPS) is 12.7. The number of benzene rings is 1. The molecule has 1 unspecified atom stereocenters. The van der Waals surface area contributed by atoms with Crippen LogP contribution in [0.2, 0.25) is 0 Å². The molecule has 1 aromatic carbocycles. The molecule has 0 saturated heterocycles. The van der Waals surface area contributed by atoms with Crippen LogP contribution in [0.3, 0.4) is 0 Å². The molecule has 0 aliphatic rings. The highest BCUT2D eigenvalue weighted by atomic mass is 15.2. The lowest BCUT2D eigenvalue weighted by atomic mass is 9.97. The zero-order valence-corrected chi connectivity index (χ0v) is 12.5. The van der Waals surface area contributed by atoms with Crippen LogP contribution >= 0.6 is 0 Å². The van der Waals surface area contributed by atoms with Crippen molar-refractivity contribution in [3.63, 3.8) is 0 Å². The van der Waals surface area contributed by atoms with E-state index >= 15 is 0 Å². The zero-order chi connectivity index (χ0) is 14.7. The number of aryl methyl sites for hydroxylation is 2. The maximum atomic E-state index is 4.44. The molecule has 0 saturated carbocycles. The molecule has 4 heteroatoms. The number of rotatable bonds is 5. The maximum absolute atomic E-state index is 4.44. The summed E-state index contributed by atoms with van der Waals surface area (Å²) in [5.74, 6) is 0. The first-order chi connectivity index (χ1) is 10.3.